The van der Waals surface area contributed by atoms with Crippen LogP contribution < -0.4 is 26.2 Å². The van der Waals surface area contributed by atoms with Gasteiger partial charge in [-0.05, 0) is 175 Å². The highest BCUT2D eigenvalue weighted by atomic mass is 15.2. The molecule has 0 saturated carbocycles. The number of aromatic nitrogens is 1. The van der Waals surface area contributed by atoms with Gasteiger partial charge in [0.25, 0.3) is 6.71 Å². The molecule has 11 aromatic carbocycles. The fraction of sp³-hybridized carbons (Fsp3) is 0.327. The number of para-hydroxylation sites is 2. The minimum atomic E-state index is -0.762. The Labute approximate surface area is 620 Å². The first-order valence-corrected chi connectivity index (χ1v) is 37.0. The van der Waals surface area contributed by atoms with Crippen LogP contribution in [0.15, 0.2) is 218 Å². The lowest BCUT2D eigenvalue weighted by molar-refractivity contribution is 0.590. The lowest BCUT2D eigenvalue weighted by Crippen LogP contribution is -2.61. The summed E-state index contributed by atoms with van der Waals surface area (Å²) in [6.07, 6.45) is 0. The average molecular weight is 1340 g/mol. The second-order valence-electron chi connectivity index (χ2n) is 37.5. The monoisotopic (exact) mass is 1340 g/mol. The van der Waals surface area contributed by atoms with E-state index in [1.807, 2.05) is 46.1 Å². The van der Waals surface area contributed by atoms with Crippen LogP contribution in [0.1, 0.15) is 219 Å². The SMILES string of the molecule is [2H]c1c(C(C)(C)C)c([2H])c2c3c([2H])c(C(C)(C)C)c([2H])c([2H])c3n(-c3cc4c5c(c3)N(c3c(-c6ccc(C(C)(C)C)cc6)cccc3-c3ccc(C(C)(C)C)cc3)c3cc(C(C)(C)C)ccc3B5c3ccc(C(C)(C)C)cc3N4c3c(-c4ccc(C(C)(C)C)cc4)cccc3-c3ccc(C(C)(C)C)cc3)c2c1[2H]. The minimum Gasteiger partial charge on any atom is -0.310 e. The van der Waals surface area contributed by atoms with Crippen LogP contribution in [0.2, 0.25) is 0 Å². The van der Waals surface area contributed by atoms with E-state index in [4.69, 9.17) is 0 Å². The molecule has 102 heavy (non-hydrogen) atoms. The lowest BCUT2D eigenvalue weighted by Gasteiger charge is -2.46. The van der Waals surface area contributed by atoms with Crippen molar-refractivity contribution in [2.24, 2.45) is 0 Å². The molecule has 2 aliphatic heterocycles. The predicted octanol–water partition coefficient (Wildman–Crippen LogP) is 25.9. The van der Waals surface area contributed by atoms with Crippen LogP contribution in [-0.4, -0.2) is 11.3 Å². The maximum Gasteiger partial charge on any atom is 0.252 e. The molecule has 12 aromatic rings. The first-order chi connectivity index (χ1) is 50.2. The Kier molecular flexibility index (Phi) is 14.9. The van der Waals surface area contributed by atoms with Gasteiger partial charge in [-0.15, -0.1) is 0 Å². The summed E-state index contributed by atoms with van der Waals surface area (Å²) in [5.74, 6) is 0. The molecular weight excluding hydrogens is 1230 g/mol. The van der Waals surface area contributed by atoms with Crippen LogP contribution in [-0.2, 0) is 43.3 Å². The number of hydrogen-bond acceptors (Lipinski definition) is 2. The van der Waals surface area contributed by atoms with Crippen molar-refractivity contribution in [2.75, 3.05) is 9.80 Å². The summed E-state index contributed by atoms with van der Waals surface area (Å²) in [4.78, 5) is 5.09. The summed E-state index contributed by atoms with van der Waals surface area (Å²) in [5, 5.41) is 0.654. The topological polar surface area (TPSA) is 11.4 Å². The first kappa shape index (κ1) is 62.6. The Balaban J connectivity index is 1.26. The van der Waals surface area contributed by atoms with Crippen molar-refractivity contribution in [3.63, 3.8) is 0 Å². The van der Waals surface area contributed by atoms with Crippen molar-refractivity contribution < 1.29 is 8.22 Å². The Hall–Kier alpha value is -9.12. The number of fused-ring (bicyclic) bond motifs is 7. The van der Waals surface area contributed by atoms with Gasteiger partial charge in [0.05, 0.1) is 36.3 Å². The van der Waals surface area contributed by atoms with Gasteiger partial charge in [0.1, 0.15) is 0 Å². The second kappa shape index (κ2) is 24.3. The Morgan fingerprint density at radius 1 is 0.275 bits per heavy atom. The number of anilines is 6. The van der Waals surface area contributed by atoms with E-state index in [0.29, 0.717) is 27.6 Å². The summed E-state index contributed by atoms with van der Waals surface area (Å²) in [7, 11) is 0. The van der Waals surface area contributed by atoms with Crippen LogP contribution in [0.4, 0.5) is 34.1 Å². The lowest BCUT2D eigenvalue weighted by atomic mass is 9.33. The van der Waals surface area contributed by atoms with E-state index in [0.717, 1.165) is 106 Å². The van der Waals surface area contributed by atoms with Crippen LogP contribution >= 0.6 is 0 Å². The molecule has 0 unspecified atom stereocenters. The van der Waals surface area contributed by atoms with Gasteiger partial charge in [-0.1, -0.05) is 336 Å². The number of benzene rings is 11. The van der Waals surface area contributed by atoms with E-state index in [9.17, 15) is 8.22 Å². The minimum absolute atomic E-state index is 0.0460. The molecule has 14 rings (SSSR count). The van der Waals surface area contributed by atoms with Gasteiger partial charge in [0.2, 0.25) is 0 Å². The van der Waals surface area contributed by atoms with Crippen LogP contribution in [0.3, 0.4) is 0 Å². The highest BCUT2D eigenvalue weighted by Gasteiger charge is 2.46. The van der Waals surface area contributed by atoms with Crippen molar-refractivity contribution in [3.8, 4) is 50.2 Å². The van der Waals surface area contributed by atoms with Gasteiger partial charge in [-0.2, -0.15) is 0 Å². The van der Waals surface area contributed by atoms with E-state index >= 15 is 0 Å². The fourth-order valence-corrected chi connectivity index (χ4v) is 15.2. The first-order valence-electron chi connectivity index (χ1n) is 40.0. The van der Waals surface area contributed by atoms with Crippen LogP contribution in [0.5, 0.6) is 0 Å². The third kappa shape index (κ3) is 12.4. The molecular formula is C98H108BN3. The molecule has 3 nitrogen and oxygen atoms in total. The van der Waals surface area contributed by atoms with E-state index < -0.39 is 10.8 Å². The van der Waals surface area contributed by atoms with Gasteiger partial charge >= 0.3 is 0 Å². The average Bonchev–Trinajstić information content (AvgIpc) is 1.68. The molecule has 0 saturated heterocycles. The molecule has 0 amide bonds. The molecule has 0 atom stereocenters. The number of rotatable bonds is 7. The van der Waals surface area contributed by atoms with E-state index in [1.54, 1.807) is 0 Å². The Bertz CT molecular complexity index is 5130. The zero-order valence-corrected chi connectivity index (χ0v) is 65.2. The molecule has 0 aliphatic carbocycles. The van der Waals surface area contributed by atoms with Crippen LogP contribution in [0.25, 0.3) is 72.0 Å². The largest absolute Gasteiger partial charge is 0.310 e. The summed E-state index contributed by atoms with van der Waals surface area (Å²) >= 11 is 0. The molecule has 0 fully saturated rings. The van der Waals surface area contributed by atoms with E-state index in [1.165, 1.54) is 22.3 Å². The summed E-state index contributed by atoms with van der Waals surface area (Å²) in [6, 6.07) is 68.7. The van der Waals surface area contributed by atoms with Crippen molar-refractivity contribution >= 4 is 79.0 Å². The molecule has 0 bridgehead atoms. The summed E-state index contributed by atoms with van der Waals surface area (Å²) in [6.45, 7) is 52.4. The molecule has 0 N–H and O–H groups in total. The molecule has 1 aromatic heterocycles. The Morgan fingerprint density at radius 3 is 0.804 bits per heavy atom. The predicted molar refractivity (Wildman–Crippen MR) is 446 cm³/mol. The smallest absolute Gasteiger partial charge is 0.252 e. The standard InChI is InChI=1S/C98H108BN3/c1-91(2,3)65-39-31-61(32-40-65)74-27-25-28-75(62-33-41-66(42-34-62)92(4,5)6)89(74)101-84-57-71(97(19,20)21)47-51-80(84)99-81-52-48-72(98(22,23)24)58-85(81)102(90-76(63-35-43-67(44-36-63)93(7,8)9)29-26-30-77(90)64-37-45-68(46-38-64)94(10,11)12)87-60-73(59-86(101)88(87)99)100-82-53-49-69(95(13,14)15)55-78(82)79-56-70(96(16,17)18)50-54-83(79)100/h25-60H,1-24H3/i49D,50D,53D,54D,55D,56D. The zero-order valence-electron chi connectivity index (χ0n) is 71.2. The zero-order chi connectivity index (χ0) is 78.3. The molecule has 4 heteroatoms. The normalized spacial score (nSPS) is 14.6. The van der Waals surface area contributed by atoms with Gasteiger partial charge in [-0.3, -0.25) is 0 Å². The quantitative estimate of drug-likeness (QED) is 0.147. The fourth-order valence-electron chi connectivity index (χ4n) is 15.2. The Morgan fingerprint density at radius 2 is 0.539 bits per heavy atom. The molecule has 518 valence electrons. The summed E-state index contributed by atoms with van der Waals surface area (Å²) in [5.41, 5.74) is 23.7. The van der Waals surface area contributed by atoms with Crippen molar-refractivity contribution in [2.45, 2.75) is 209 Å². The maximum absolute atomic E-state index is 10.7. The number of nitrogens with zero attached hydrogens (tertiary/aromatic N) is 3. The molecule has 2 aliphatic rings. The van der Waals surface area contributed by atoms with Gasteiger partial charge in [-0.25, -0.2) is 0 Å². The van der Waals surface area contributed by atoms with E-state index in [2.05, 4.69) is 316 Å². The van der Waals surface area contributed by atoms with Crippen LogP contribution in [0, 0.1) is 0 Å². The van der Waals surface area contributed by atoms with Gasteiger partial charge in [0, 0.05) is 55.8 Å². The van der Waals surface area contributed by atoms with Gasteiger partial charge in [0.15, 0.2) is 0 Å². The highest BCUT2D eigenvalue weighted by Crippen LogP contribution is 2.55. The molecule has 0 spiro atoms. The van der Waals surface area contributed by atoms with Crippen molar-refractivity contribution in [1.82, 2.24) is 4.57 Å². The van der Waals surface area contributed by atoms with Crippen molar-refractivity contribution in [3.05, 3.63) is 263 Å². The third-order valence-electron chi connectivity index (χ3n) is 21.6. The highest BCUT2D eigenvalue weighted by molar-refractivity contribution is 7.00. The van der Waals surface area contributed by atoms with Crippen molar-refractivity contribution in [1.29, 1.82) is 0 Å². The summed E-state index contributed by atoms with van der Waals surface area (Å²) < 4.78 is 64.8. The van der Waals surface area contributed by atoms with E-state index in [-0.39, 0.29) is 86.5 Å². The third-order valence-corrected chi connectivity index (χ3v) is 21.6. The molecule has 0 radical (unpaired) electrons. The maximum atomic E-state index is 10.7. The number of hydrogen-bond donors (Lipinski definition) is 0. The second-order valence-corrected chi connectivity index (χ2v) is 37.5. The van der Waals surface area contributed by atoms with Gasteiger partial charge < -0.3 is 14.4 Å². The molecule has 3 heterocycles.